The molecule has 0 saturated carbocycles. The molecule has 0 aliphatic carbocycles. The molecule has 6 nitrogen and oxygen atoms in total. The number of rotatable bonds is 3. The van der Waals surface area contributed by atoms with Crippen LogP contribution in [-0.2, 0) is 9.59 Å². The van der Waals surface area contributed by atoms with Gasteiger partial charge in [0.25, 0.3) is 11.1 Å². The second kappa shape index (κ2) is 7.27. The van der Waals surface area contributed by atoms with Gasteiger partial charge in [0.05, 0.1) is 15.0 Å². The molecule has 1 N–H and O–H groups in total. The third-order valence-corrected chi connectivity index (χ3v) is 5.45. The lowest BCUT2D eigenvalue weighted by atomic mass is 10.2. The molecule has 0 radical (unpaired) electrons. The van der Waals surface area contributed by atoms with Crippen molar-refractivity contribution >= 4 is 58.1 Å². The predicted molar refractivity (Wildman–Crippen MR) is 96.6 cm³/mol. The van der Waals surface area contributed by atoms with Crippen LogP contribution in [0.5, 0.6) is 5.75 Å². The van der Waals surface area contributed by atoms with Crippen molar-refractivity contribution in [3.8, 4) is 5.75 Å². The SMILES string of the molecule is O=C(CN1C(=O)S/C(=C/c2cc(Cl)c(O)c(Cl)c2)C1=O)N1CCCC1. The van der Waals surface area contributed by atoms with Crippen molar-refractivity contribution < 1.29 is 19.5 Å². The lowest BCUT2D eigenvalue weighted by molar-refractivity contribution is -0.135. The normalized spacial score (nSPS) is 19.4. The fourth-order valence-electron chi connectivity index (χ4n) is 2.66. The van der Waals surface area contributed by atoms with Gasteiger partial charge in [0.1, 0.15) is 6.54 Å². The zero-order chi connectivity index (χ0) is 18.1. The van der Waals surface area contributed by atoms with Crippen molar-refractivity contribution in [2.45, 2.75) is 12.8 Å². The molecule has 2 fully saturated rings. The maximum Gasteiger partial charge on any atom is 0.294 e. The van der Waals surface area contributed by atoms with Gasteiger partial charge in [-0.15, -0.1) is 0 Å². The third kappa shape index (κ3) is 3.78. The average Bonchev–Trinajstić information content (AvgIpc) is 3.17. The van der Waals surface area contributed by atoms with Gasteiger partial charge in [0.2, 0.25) is 5.91 Å². The maximum atomic E-state index is 12.4. The van der Waals surface area contributed by atoms with Gasteiger partial charge < -0.3 is 10.0 Å². The van der Waals surface area contributed by atoms with E-state index in [0.29, 0.717) is 18.7 Å². The Morgan fingerprint density at radius 2 is 1.80 bits per heavy atom. The summed E-state index contributed by atoms with van der Waals surface area (Å²) in [4.78, 5) is 39.5. The number of likely N-dealkylation sites (tertiary alicyclic amines) is 1. The Balaban J connectivity index is 1.77. The molecule has 0 unspecified atom stereocenters. The number of hydrogen-bond donors (Lipinski definition) is 1. The summed E-state index contributed by atoms with van der Waals surface area (Å²) in [7, 11) is 0. The van der Waals surface area contributed by atoms with Crippen molar-refractivity contribution in [2.24, 2.45) is 0 Å². The van der Waals surface area contributed by atoms with E-state index in [0.717, 1.165) is 29.5 Å². The van der Waals surface area contributed by atoms with E-state index in [9.17, 15) is 19.5 Å². The third-order valence-electron chi connectivity index (χ3n) is 3.96. The van der Waals surface area contributed by atoms with Gasteiger partial charge in [0, 0.05) is 13.1 Å². The van der Waals surface area contributed by atoms with Crippen LogP contribution in [0, 0.1) is 0 Å². The Hall–Kier alpha value is -1.70. The first kappa shape index (κ1) is 18.1. The van der Waals surface area contributed by atoms with E-state index in [1.165, 1.54) is 18.2 Å². The molecule has 2 saturated heterocycles. The van der Waals surface area contributed by atoms with Crippen LogP contribution >= 0.6 is 35.0 Å². The number of nitrogens with zero attached hydrogens (tertiary/aromatic N) is 2. The molecule has 25 heavy (non-hydrogen) atoms. The Morgan fingerprint density at radius 1 is 1.20 bits per heavy atom. The molecule has 3 rings (SSSR count). The molecule has 2 aliphatic heterocycles. The van der Waals surface area contributed by atoms with Crippen molar-refractivity contribution in [3.63, 3.8) is 0 Å². The summed E-state index contributed by atoms with van der Waals surface area (Å²) >= 11 is 12.5. The smallest absolute Gasteiger partial charge is 0.294 e. The number of imide groups is 1. The molecule has 0 atom stereocenters. The molecule has 3 amide bonds. The van der Waals surface area contributed by atoms with Gasteiger partial charge in [-0.3, -0.25) is 19.3 Å². The Bertz CT molecular complexity index is 767. The van der Waals surface area contributed by atoms with Crippen molar-refractivity contribution in [1.29, 1.82) is 0 Å². The minimum atomic E-state index is -0.525. The predicted octanol–water partition coefficient (Wildman–Crippen LogP) is 3.36. The maximum absolute atomic E-state index is 12.4. The molecule has 1 aromatic carbocycles. The van der Waals surface area contributed by atoms with Gasteiger partial charge in [-0.2, -0.15) is 0 Å². The molecule has 2 heterocycles. The van der Waals surface area contributed by atoms with E-state index >= 15 is 0 Å². The van der Waals surface area contributed by atoms with E-state index in [4.69, 9.17) is 23.2 Å². The topological polar surface area (TPSA) is 77.9 Å². The van der Waals surface area contributed by atoms with E-state index in [-0.39, 0.29) is 33.2 Å². The number of carbonyl (C=O) groups is 3. The molecule has 132 valence electrons. The second-order valence-corrected chi connectivity index (χ2v) is 7.50. The van der Waals surface area contributed by atoms with Gasteiger partial charge in [-0.1, -0.05) is 23.2 Å². The number of phenols is 1. The first-order chi connectivity index (χ1) is 11.9. The quantitative estimate of drug-likeness (QED) is 0.786. The van der Waals surface area contributed by atoms with Crippen LogP contribution in [0.1, 0.15) is 18.4 Å². The van der Waals surface area contributed by atoms with E-state index in [2.05, 4.69) is 0 Å². The summed E-state index contributed by atoms with van der Waals surface area (Å²) < 4.78 is 0. The first-order valence-electron chi connectivity index (χ1n) is 7.58. The van der Waals surface area contributed by atoms with Crippen LogP contribution in [0.25, 0.3) is 6.08 Å². The van der Waals surface area contributed by atoms with E-state index in [1.54, 1.807) is 4.90 Å². The molecule has 0 bridgehead atoms. The zero-order valence-electron chi connectivity index (χ0n) is 13.0. The highest BCUT2D eigenvalue weighted by atomic mass is 35.5. The number of hydrogen-bond acceptors (Lipinski definition) is 5. The van der Waals surface area contributed by atoms with Crippen molar-refractivity contribution in [2.75, 3.05) is 19.6 Å². The van der Waals surface area contributed by atoms with Crippen LogP contribution in [0.15, 0.2) is 17.0 Å². The number of carbonyl (C=O) groups excluding carboxylic acids is 3. The van der Waals surface area contributed by atoms with Crippen LogP contribution < -0.4 is 0 Å². The molecule has 0 aromatic heterocycles. The summed E-state index contributed by atoms with van der Waals surface area (Å²) in [5.41, 5.74) is 0.476. The van der Waals surface area contributed by atoms with Gasteiger partial charge >= 0.3 is 0 Å². The molecular formula is C16H14Cl2N2O4S. The van der Waals surface area contributed by atoms with Gasteiger partial charge in [0.15, 0.2) is 5.75 Å². The standard InChI is InChI=1S/C16H14Cl2N2O4S/c17-10-5-9(6-11(18)14(10)22)7-12-15(23)20(16(24)25-12)8-13(21)19-3-1-2-4-19/h5-7,22H,1-4,8H2/b12-7+. The summed E-state index contributed by atoms with van der Waals surface area (Å²) in [5.74, 6) is -0.996. The van der Waals surface area contributed by atoms with Gasteiger partial charge in [-0.25, -0.2) is 0 Å². The molecule has 0 spiro atoms. The second-order valence-electron chi connectivity index (χ2n) is 5.69. The molecular weight excluding hydrogens is 387 g/mol. The van der Waals surface area contributed by atoms with Crippen LogP contribution in [0.4, 0.5) is 4.79 Å². The zero-order valence-corrected chi connectivity index (χ0v) is 15.3. The highest BCUT2D eigenvalue weighted by molar-refractivity contribution is 8.18. The Labute approximate surface area is 158 Å². The van der Waals surface area contributed by atoms with Crippen LogP contribution in [-0.4, -0.2) is 51.6 Å². The molecule has 1 aromatic rings. The highest BCUT2D eigenvalue weighted by Gasteiger charge is 2.37. The summed E-state index contributed by atoms with van der Waals surface area (Å²) in [6, 6.07) is 2.87. The fourth-order valence-corrected chi connectivity index (χ4v) is 4.00. The first-order valence-corrected chi connectivity index (χ1v) is 9.15. The van der Waals surface area contributed by atoms with Gasteiger partial charge in [-0.05, 0) is 48.4 Å². The number of phenolic OH excluding ortho intramolecular Hbond substituents is 1. The van der Waals surface area contributed by atoms with E-state index in [1.807, 2.05) is 0 Å². The average molecular weight is 401 g/mol. The number of thioether (sulfide) groups is 1. The lowest BCUT2D eigenvalue weighted by Gasteiger charge is -2.18. The summed E-state index contributed by atoms with van der Waals surface area (Å²) in [5, 5.41) is 9.17. The number of aromatic hydroxyl groups is 1. The van der Waals surface area contributed by atoms with E-state index < -0.39 is 11.1 Å². The minimum Gasteiger partial charge on any atom is -0.505 e. The van der Waals surface area contributed by atoms with Crippen molar-refractivity contribution in [1.82, 2.24) is 9.80 Å². The minimum absolute atomic E-state index is 0.0437. The number of amides is 3. The summed E-state index contributed by atoms with van der Waals surface area (Å²) in [6.07, 6.45) is 3.34. The Morgan fingerprint density at radius 3 is 2.40 bits per heavy atom. The fraction of sp³-hybridized carbons (Fsp3) is 0.312. The van der Waals surface area contributed by atoms with Crippen molar-refractivity contribution in [3.05, 3.63) is 32.6 Å². The Kier molecular flexibility index (Phi) is 5.27. The van der Waals surface area contributed by atoms with Crippen LogP contribution in [0.3, 0.4) is 0 Å². The largest absolute Gasteiger partial charge is 0.505 e. The monoisotopic (exact) mass is 400 g/mol. The lowest BCUT2D eigenvalue weighted by Crippen LogP contribution is -2.40. The number of benzene rings is 1. The number of halogens is 2. The highest BCUT2D eigenvalue weighted by Crippen LogP contribution is 2.36. The summed E-state index contributed by atoms with van der Waals surface area (Å²) in [6.45, 7) is 1.07. The molecule has 2 aliphatic rings. The van der Waals surface area contributed by atoms with Crippen LogP contribution in [0.2, 0.25) is 10.0 Å². The molecule has 9 heteroatoms.